The molecule has 0 amide bonds. The Kier molecular flexibility index (Phi) is 4.74. The van der Waals surface area contributed by atoms with E-state index in [-0.39, 0.29) is 10.9 Å². The third-order valence-electron chi connectivity index (χ3n) is 2.79. The predicted octanol–water partition coefficient (Wildman–Crippen LogP) is 4.66. The van der Waals surface area contributed by atoms with E-state index < -0.39 is 0 Å². The van der Waals surface area contributed by atoms with Gasteiger partial charge in [-0.15, -0.1) is 0 Å². The van der Waals surface area contributed by atoms with Crippen LogP contribution in [0.2, 0.25) is 0 Å². The highest BCUT2D eigenvalue weighted by molar-refractivity contribution is 8.13. The molecule has 2 rings (SSSR count). The van der Waals surface area contributed by atoms with Crippen LogP contribution in [-0.4, -0.2) is 10.9 Å². The molecular formula is C16H15FOS. The number of carbonyl (C=O) groups is 1. The Balaban J connectivity index is 2.15. The summed E-state index contributed by atoms with van der Waals surface area (Å²) in [5.41, 5.74) is 1.00. The van der Waals surface area contributed by atoms with Crippen LogP contribution in [0.3, 0.4) is 0 Å². The average molecular weight is 274 g/mol. The van der Waals surface area contributed by atoms with Crippen LogP contribution in [0, 0.1) is 5.82 Å². The molecule has 19 heavy (non-hydrogen) atoms. The fourth-order valence-electron chi connectivity index (χ4n) is 1.91. The van der Waals surface area contributed by atoms with E-state index in [0.717, 1.165) is 23.1 Å². The van der Waals surface area contributed by atoms with Gasteiger partial charge in [0.25, 0.3) is 0 Å². The minimum Gasteiger partial charge on any atom is -0.288 e. The summed E-state index contributed by atoms with van der Waals surface area (Å²) in [6, 6.07) is 10.7. The van der Waals surface area contributed by atoms with Gasteiger partial charge in [-0.3, -0.25) is 4.79 Å². The summed E-state index contributed by atoms with van der Waals surface area (Å²) < 4.78 is 13.6. The fraction of sp³-hybridized carbons (Fsp3) is 0.188. The zero-order valence-electron chi connectivity index (χ0n) is 10.7. The lowest BCUT2D eigenvalue weighted by Gasteiger charge is -2.03. The van der Waals surface area contributed by atoms with Crippen molar-refractivity contribution in [3.05, 3.63) is 53.9 Å². The number of fused-ring (bicyclic) bond motifs is 1. The Morgan fingerprint density at radius 3 is 2.68 bits per heavy atom. The van der Waals surface area contributed by atoms with E-state index >= 15 is 0 Å². The molecule has 3 heteroatoms. The van der Waals surface area contributed by atoms with Gasteiger partial charge in [-0.05, 0) is 23.4 Å². The smallest absolute Gasteiger partial charge is 0.185 e. The summed E-state index contributed by atoms with van der Waals surface area (Å²) in [6.07, 6.45) is 4.84. The van der Waals surface area contributed by atoms with Gasteiger partial charge in [-0.25, -0.2) is 4.39 Å². The highest BCUT2D eigenvalue weighted by Crippen LogP contribution is 2.23. The summed E-state index contributed by atoms with van der Waals surface area (Å²) in [6.45, 7) is 1.57. The van der Waals surface area contributed by atoms with Gasteiger partial charge >= 0.3 is 0 Å². The van der Waals surface area contributed by atoms with E-state index in [1.165, 1.54) is 17.8 Å². The molecule has 0 aliphatic rings. The topological polar surface area (TPSA) is 17.1 Å². The van der Waals surface area contributed by atoms with Crippen LogP contribution in [0.1, 0.15) is 18.9 Å². The van der Waals surface area contributed by atoms with E-state index in [0.29, 0.717) is 5.39 Å². The second kappa shape index (κ2) is 6.53. The van der Waals surface area contributed by atoms with Crippen molar-refractivity contribution in [3.8, 4) is 0 Å². The van der Waals surface area contributed by atoms with E-state index in [1.807, 2.05) is 30.4 Å². The summed E-state index contributed by atoms with van der Waals surface area (Å²) in [7, 11) is 0. The molecule has 0 spiro atoms. The maximum atomic E-state index is 13.6. The first-order valence-corrected chi connectivity index (χ1v) is 7.14. The summed E-state index contributed by atoms with van der Waals surface area (Å²) >= 11 is 1.32. The first-order chi connectivity index (χ1) is 9.18. The van der Waals surface area contributed by atoms with Gasteiger partial charge in [0.2, 0.25) is 0 Å². The zero-order chi connectivity index (χ0) is 13.7. The Morgan fingerprint density at radius 1 is 1.21 bits per heavy atom. The van der Waals surface area contributed by atoms with Crippen LogP contribution in [0.5, 0.6) is 0 Å². The lowest BCUT2D eigenvalue weighted by Crippen LogP contribution is -1.85. The van der Waals surface area contributed by atoms with Gasteiger partial charge in [0.05, 0.1) is 0 Å². The third-order valence-corrected chi connectivity index (χ3v) is 3.64. The number of halogens is 1. The molecule has 0 N–H and O–H groups in total. The number of benzene rings is 2. The van der Waals surface area contributed by atoms with Crippen LogP contribution >= 0.6 is 11.8 Å². The number of rotatable bonds is 4. The van der Waals surface area contributed by atoms with Crippen LogP contribution in [0.4, 0.5) is 4.39 Å². The molecule has 0 aromatic heterocycles. The molecule has 0 fully saturated rings. The molecular weight excluding hydrogens is 259 g/mol. The molecule has 0 aliphatic carbocycles. The van der Waals surface area contributed by atoms with Crippen LogP contribution < -0.4 is 0 Å². The van der Waals surface area contributed by atoms with Crippen molar-refractivity contribution < 1.29 is 9.18 Å². The molecule has 0 bridgehead atoms. The van der Waals surface area contributed by atoms with Crippen molar-refractivity contribution in [2.24, 2.45) is 0 Å². The third kappa shape index (κ3) is 3.67. The molecule has 0 unspecified atom stereocenters. The number of carbonyl (C=O) groups excluding carboxylic acids is 1. The van der Waals surface area contributed by atoms with Gasteiger partial charge in [-0.2, -0.15) is 0 Å². The van der Waals surface area contributed by atoms with E-state index in [2.05, 4.69) is 0 Å². The normalized spacial score (nSPS) is 11.3. The van der Waals surface area contributed by atoms with Crippen LogP contribution in [-0.2, 0) is 4.79 Å². The molecule has 98 valence electrons. The number of thioether (sulfide) groups is 1. The minimum atomic E-state index is -0.195. The van der Waals surface area contributed by atoms with Gasteiger partial charge in [0.1, 0.15) is 5.82 Å². The van der Waals surface area contributed by atoms with Crippen molar-refractivity contribution in [2.45, 2.75) is 13.3 Å². The highest BCUT2D eigenvalue weighted by Gasteiger charge is 2.02. The van der Waals surface area contributed by atoms with Crippen molar-refractivity contribution in [1.82, 2.24) is 0 Å². The van der Waals surface area contributed by atoms with Crippen molar-refractivity contribution in [2.75, 3.05) is 5.75 Å². The van der Waals surface area contributed by atoms with Gasteiger partial charge in [0.15, 0.2) is 5.12 Å². The molecule has 0 aliphatic heterocycles. The van der Waals surface area contributed by atoms with Gasteiger partial charge in [-0.1, -0.05) is 54.2 Å². The Labute approximate surface area is 116 Å². The second-order valence-corrected chi connectivity index (χ2v) is 5.49. The average Bonchev–Trinajstić information content (AvgIpc) is 2.41. The zero-order valence-corrected chi connectivity index (χ0v) is 11.5. The molecule has 0 heterocycles. The van der Waals surface area contributed by atoms with Crippen LogP contribution in [0.15, 0.2) is 42.5 Å². The first-order valence-electron chi connectivity index (χ1n) is 6.15. The largest absolute Gasteiger partial charge is 0.288 e. The molecule has 1 nitrogen and oxygen atoms in total. The minimum absolute atomic E-state index is 0.139. The number of hydrogen-bond acceptors (Lipinski definition) is 2. The van der Waals surface area contributed by atoms with Crippen molar-refractivity contribution in [1.29, 1.82) is 0 Å². The first kappa shape index (κ1) is 13.8. The fourth-order valence-corrected chi connectivity index (χ4v) is 2.45. The van der Waals surface area contributed by atoms with E-state index in [9.17, 15) is 9.18 Å². The highest BCUT2D eigenvalue weighted by atomic mass is 32.2. The van der Waals surface area contributed by atoms with Crippen molar-refractivity contribution in [3.63, 3.8) is 0 Å². The number of allylic oxidation sites excluding steroid dienone is 1. The summed E-state index contributed by atoms with van der Waals surface area (Å²) in [5, 5.41) is 1.70. The standard InChI is InChI=1S/C16H15FOS/c1-12(18)19-11-5-4-6-13-9-10-16(17)15-8-3-2-7-14(13)15/h2-4,6-10H,5,11H2,1H3. The Hall–Kier alpha value is -1.61. The summed E-state index contributed by atoms with van der Waals surface area (Å²) in [5.74, 6) is 0.588. The molecule has 0 saturated carbocycles. The van der Waals surface area contributed by atoms with Crippen LogP contribution in [0.25, 0.3) is 16.8 Å². The molecule has 0 radical (unpaired) electrons. The van der Waals surface area contributed by atoms with Gasteiger partial charge < -0.3 is 0 Å². The molecule has 2 aromatic carbocycles. The van der Waals surface area contributed by atoms with E-state index in [4.69, 9.17) is 0 Å². The quantitative estimate of drug-likeness (QED) is 0.754. The van der Waals surface area contributed by atoms with E-state index in [1.54, 1.807) is 19.1 Å². The molecule has 0 saturated heterocycles. The maximum Gasteiger partial charge on any atom is 0.185 e. The predicted molar refractivity (Wildman–Crippen MR) is 80.7 cm³/mol. The number of hydrogen-bond donors (Lipinski definition) is 0. The van der Waals surface area contributed by atoms with Crippen molar-refractivity contribution >= 4 is 33.7 Å². The lowest BCUT2D eigenvalue weighted by atomic mass is 10.0. The lowest BCUT2D eigenvalue weighted by molar-refractivity contribution is -0.109. The second-order valence-electron chi connectivity index (χ2n) is 4.21. The maximum absolute atomic E-state index is 13.6. The molecule has 0 atom stereocenters. The van der Waals surface area contributed by atoms with Gasteiger partial charge in [0, 0.05) is 18.1 Å². The molecule has 2 aromatic rings. The Bertz CT molecular complexity index is 619. The summed E-state index contributed by atoms with van der Waals surface area (Å²) in [4.78, 5) is 10.8. The monoisotopic (exact) mass is 274 g/mol. The Morgan fingerprint density at radius 2 is 1.95 bits per heavy atom. The SMILES string of the molecule is CC(=O)SCCC=Cc1ccc(F)c2ccccc12.